The number of halogens is 1. The Bertz CT molecular complexity index is 1440. The van der Waals surface area contributed by atoms with Gasteiger partial charge in [0, 0.05) is 33.7 Å². The summed E-state index contributed by atoms with van der Waals surface area (Å²) >= 11 is 6.10. The fourth-order valence-corrected chi connectivity index (χ4v) is 4.49. The summed E-state index contributed by atoms with van der Waals surface area (Å²) in [5.74, 6) is -0.641. The first-order valence-corrected chi connectivity index (χ1v) is 12.2. The van der Waals surface area contributed by atoms with E-state index in [0.717, 1.165) is 33.3 Å². The number of carboxylic acid groups (broad SMARTS) is 1. The van der Waals surface area contributed by atoms with Crippen molar-refractivity contribution in [2.75, 3.05) is 0 Å². The molecule has 0 spiro atoms. The summed E-state index contributed by atoms with van der Waals surface area (Å²) in [6.07, 6.45) is -0.928. The molecule has 2 atom stereocenters. The molecule has 186 valence electrons. The van der Waals surface area contributed by atoms with Crippen LogP contribution >= 0.6 is 11.6 Å². The number of aryl methyl sites for hydroxylation is 1. The van der Waals surface area contributed by atoms with Gasteiger partial charge in [0.1, 0.15) is 5.75 Å². The van der Waals surface area contributed by atoms with E-state index in [1.807, 2.05) is 67.6 Å². The van der Waals surface area contributed by atoms with Gasteiger partial charge < -0.3 is 19.7 Å². The third kappa shape index (κ3) is 5.39. The minimum Gasteiger partial charge on any atom is -0.479 e. The Morgan fingerprint density at radius 1 is 1.03 bits per heavy atom. The number of benzene rings is 3. The van der Waals surface area contributed by atoms with E-state index < -0.39 is 12.1 Å². The van der Waals surface area contributed by atoms with Crippen molar-refractivity contribution in [3.8, 4) is 5.75 Å². The highest BCUT2D eigenvalue weighted by atomic mass is 35.5. The van der Waals surface area contributed by atoms with Gasteiger partial charge in [-0.05, 0) is 86.8 Å². The van der Waals surface area contributed by atoms with Crippen molar-refractivity contribution in [1.82, 2.24) is 9.88 Å². The molecule has 0 fully saturated rings. The monoisotopic (exact) mass is 504 g/mol. The molecule has 2 N–H and O–H groups in total. The summed E-state index contributed by atoms with van der Waals surface area (Å²) in [6.45, 7) is 8.14. The first kappa shape index (κ1) is 25.3. The largest absolute Gasteiger partial charge is 0.479 e. The number of nitrogens with zero attached hydrogens (tertiary/aromatic N) is 1. The van der Waals surface area contributed by atoms with E-state index in [1.165, 1.54) is 6.92 Å². The molecule has 1 amide bonds. The highest BCUT2D eigenvalue weighted by molar-refractivity contribution is 6.30. The Balaban J connectivity index is 1.57. The van der Waals surface area contributed by atoms with Crippen LogP contribution in [0.5, 0.6) is 5.75 Å². The van der Waals surface area contributed by atoms with Crippen LogP contribution in [-0.2, 0) is 11.3 Å². The summed E-state index contributed by atoms with van der Waals surface area (Å²) in [5, 5.41) is 13.8. The van der Waals surface area contributed by atoms with Crippen LogP contribution in [0.4, 0.5) is 0 Å². The third-order valence-electron chi connectivity index (χ3n) is 6.50. The normalized spacial score (nSPS) is 12.8. The van der Waals surface area contributed by atoms with E-state index in [9.17, 15) is 9.59 Å². The van der Waals surface area contributed by atoms with E-state index in [1.54, 1.807) is 6.07 Å². The van der Waals surface area contributed by atoms with Crippen molar-refractivity contribution in [1.29, 1.82) is 0 Å². The van der Waals surface area contributed by atoms with Gasteiger partial charge >= 0.3 is 5.97 Å². The Hall–Kier alpha value is -3.77. The first-order valence-electron chi connectivity index (χ1n) is 11.8. The molecule has 1 heterocycles. The number of carbonyl (C=O) groups is 2. The van der Waals surface area contributed by atoms with Crippen molar-refractivity contribution in [3.05, 3.63) is 99.7 Å². The van der Waals surface area contributed by atoms with Crippen LogP contribution in [0.2, 0.25) is 5.02 Å². The second-order valence-electron chi connectivity index (χ2n) is 9.02. The van der Waals surface area contributed by atoms with E-state index in [2.05, 4.69) is 23.7 Å². The van der Waals surface area contributed by atoms with Crippen molar-refractivity contribution in [3.63, 3.8) is 0 Å². The molecule has 1 aromatic heterocycles. The summed E-state index contributed by atoms with van der Waals surface area (Å²) in [5.41, 5.74) is 5.75. The summed E-state index contributed by atoms with van der Waals surface area (Å²) < 4.78 is 7.72. The second-order valence-corrected chi connectivity index (χ2v) is 9.46. The summed E-state index contributed by atoms with van der Waals surface area (Å²) in [4.78, 5) is 24.1. The van der Waals surface area contributed by atoms with Gasteiger partial charge in [-0.25, -0.2) is 4.79 Å². The molecule has 36 heavy (non-hydrogen) atoms. The van der Waals surface area contributed by atoms with Crippen LogP contribution in [0.1, 0.15) is 52.6 Å². The zero-order chi connectivity index (χ0) is 26.0. The Morgan fingerprint density at radius 3 is 2.50 bits per heavy atom. The summed E-state index contributed by atoms with van der Waals surface area (Å²) in [6, 6.07) is 20.5. The molecular weight excluding hydrogens is 476 g/mol. The average molecular weight is 505 g/mol. The number of aliphatic carboxylic acids is 1. The maximum atomic E-state index is 13.0. The minimum atomic E-state index is -1.01. The van der Waals surface area contributed by atoms with Gasteiger partial charge in [-0.15, -0.1) is 0 Å². The zero-order valence-corrected chi connectivity index (χ0v) is 21.5. The van der Waals surface area contributed by atoms with Crippen molar-refractivity contribution in [2.24, 2.45) is 0 Å². The number of fused-ring (bicyclic) bond motifs is 1. The highest BCUT2D eigenvalue weighted by Crippen LogP contribution is 2.28. The van der Waals surface area contributed by atoms with E-state index in [0.29, 0.717) is 22.9 Å². The van der Waals surface area contributed by atoms with Gasteiger partial charge in [-0.1, -0.05) is 35.9 Å². The smallest absolute Gasteiger partial charge is 0.344 e. The molecule has 4 aromatic rings. The molecule has 0 radical (unpaired) electrons. The van der Waals surface area contributed by atoms with Gasteiger partial charge in [-0.2, -0.15) is 0 Å². The van der Waals surface area contributed by atoms with E-state index in [-0.39, 0.29) is 11.9 Å². The van der Waals surface area contributed by atoms with Gasteiger partial charge in [0.2, 0.25) is 0 Å². The molecule has 3 aromatic carbocycles. The number of carboxylic acids is 1. The molecule has 6 nitrogen and oxygen atoms in total. The fraction of sp³-hybridized carbons (Fsp3) is 0.241. The standard InChI is InChI=1S/C29H29ClN2O4/c1-17-19(3)32(16-21-7-5-10-25(13-21)36-20(4)29(34)35)27-12-11-23(15-26(17)27)28(33)31-18(2)22-8-6-9-24(30)14-22/h5-15,18,20H,16H2,1-4H3,(H,31,33)(H,34,35)/t18-,20?/m0/s1. The molecule has 1 unspecified atom stereocenters. The van der Waals surface area contributed by atoms with Crippen LogP contribution in [0, 0.1) is 13.8 Å². The van der Waals surface area contributed by atoms with Crippen LogP contribution in [0.15, 0.2) is 66.7 Å². The Morgan fingerprint density at radius 2 is 1.78 bits per heavy atom. The molecule has 7 heteroatoms. The molecule has 0 saturated heterocycles. The average Bonchev–Trinajstić information content (AvgIpc) is 3.08. The van der Waals surface area contributed by atoms with Crippen molar-refractivity contribution >= 4 is 34.4 Å². The van der Waals surface area contributed by atoms with Crippen molar-refractivity contribution in [2.45, 2.75) is 46.4 Å². The topological polar surface area (TPSA) is 80.6 Å². The lowest BCUT2D eigenvalue weighted by Crippen LogP contribution is -2.26. The number of amides is 1. The molecule has 0 aliphatic heterocycles. The first-order chi connectivity index (χ1) is 17.1. The van der Waals surface area contributed by atoms with Crippen molar-refractivity contribution < 1.29 is 19.4 Å². The SMILES string of the molecule is Cc1c(C)n(Cc2cccc(OC(C)C(=O)O)c2)c2ccc(C(=O)N[C@@H](C)c3cccc(Cl)c3)cc12. The Labute approximate surface area is 215 Å². The fourth-order valence-electron chi connectivity index (χ4n) is 4.29. The molecule has 4 rings (SSSR count). The number of hydrogen-bond donors (Lipinski definition) is 2. The van der Waals surface area contributed by atoms with Gasteiger partial charge in [0.25, 0.3) is 5.91 Å². The molecule has 0 saturated carbocycles. The van der Waals surface area contributed by atoms with Gasteiger partial charge in [0.15, 0.2) is 6.10 Å². The lowest BCUT2D eigenvalue weighted by atomic mass is 10.1. The van der Waals surface area contributed by atoms with Crippen LogP contribution < -0.4 is 10.1 Å². The predicted molar refractivity (Wildman–Crippen MR) is 142 cm³/mol. The van der Waals surface area contributed by atoms with E-state index in [4.69, 9.17) is 21.4 Å². The van der Waals surface area contributed by atoms with Gasteiger partial charge in [-0.3, -0.25) is 4.79 Å². The number of rotatable bonds is 8. The van der Waals surface area contributed by atoms with Gasteiger partial charge in [0.05, 0.1) is 6.04 Å². The van der Waals surface area contributed by atoms with Crippen LogP contribution in [-0.4, -0.2) is 27.7 Å². The number of hydrogen-bond acceptors (Lipinski definition) is 3. The lowest BCUT2D eigenvalue weighted by molar-refractivity contribution is -0.144. The number of carbonyl (C=O) groups excluding carboxylic acids is 1. The number of aromatic nitrogens is 1. The van der Waals surface area contributed by atoms with Crippen LogP contribution in [0.25, 0.3) is 10.9 Å². The quantitative estimate of drug-likeness (QED) is 0.295. The van der Waals surface area contributed by atoms with Crippen LogP contribution in [0.3, 0.4) is 0 Å². The number of ether oxygens (including phenoxy) is 1. The Kier molecular flexibility index (Phi) is 7.36. The highest BCUT2D eigenvalue weighted by Gasteiger charge is 2.17. The summed E-state index contributed by atoms with van der Waals surface area (Å²) in [7, 11) is 0. The zero-order valence-electron chi connectivity index (χ0n) is 20.7. The third-order valence-corrected chi connectivity index (χ3v) is 6.73. The molecule has 0 bridgehead atoms. The lowest BCUT2D eigenvalue weighted by Gasteiger charge is -2.15. The van der Waals surface area contributed by atoms with E-state index >= 15 is 0 Å². The number of nitrogens with one attached hydrogen (secondary N) is 1. The maximum absolute atomic E-state index is 13.0. The molecule has 0 aliphatic carbocycles. The molecular formula is C29H29ClN2O4. The maximum Gasteiger partial charge on any atom is 0.344 e. The minimum absolute atomic E-state index is 0.147. The second kappa shape index (κ2) is 10.5. The molecule has 0 aliphatic rings. The predicted octanol–water partition coefficient (Wildman–Crippen LogP) is 6.30.